The van der Waals surface area contributed by atoms with E-state index in [4.69, 9.17) is 23.7 Å². The minimum Gasteiger partial charge on any atom is -0.508 e. The molecule has 254 valence electrons. The van der Waals surface area contributed by atoms with Crippen LogP contribution in [0.3, 0.4) is 0 Å². The van der Waals surface area contributed by atoms with Crippen LogP contribution in [0.25, 0.3) is 10.8 Å². The number of phenols is 2. The summed E-state index contributed by atoms with van der Waals surface area (Å²) < 4.78 is 29.6. The van der Waals surface area contributed by atoms with E-state index >= 15 is 0 Å². The highest BCUT2D eigenvalue weighted by molar-refractivity contribution is 6.25. The standard InChI is InChI=1S/C33H38O14/c1-12(34)23-29(40)30(43-4)17-9-16-8-15-6-5-7-18(35)24(15)28(39)25(16)32(42)33(17,31(23)41)47-22-11-20(27(38)14(3)45-22)46-21-10-19(36)26(37)13(2)44-21/h5-8,13-14,17,19-22,26-27,30,35-39,41H,9-11H2,1-4H3/t13-,14-,17-,19-,20-,21+,22+,26+,27-,30-,33+/m1/s1. The van der Waals surface area contributed by atoms with Crippen LogP contribution in [0.15, 0.2) is 35.6 Å². The molecule has 11 atom stereocenters. The van der Waals surface area contributed by atoms with E-state index in [1.807, 2.05) is 0 Å². The summed E-state index contributed by atoms with van der Waals surface area (Å²) in [6.45, 7) is 4.12. The highest BCUT2D eigenvalue weighted by Gasteiger charge is 2.65. The molecule has 2 saturated heterocycles. The van der Waals surface area contributed by atoms with Gasteiger partial charge in [-0.15, -0.1) is 0 Å². The zero-order valence-corrected chi connectivity index (χ0v) is 26.2. The Balaban J connectivity index is 1.45. The molecule has 0 radical (unpaired) electrons. The summed E-state index contributed by atoms with van der Waals surface area (Å²) in [5.74, 6) is -5.81. The molecular formula is C33H38O14. The maximum atomic E-state index is 14.8. The van der Waals surface area contributed by atoms with Crippen molar-refractivity contribution in [2.24, 2.45) is 5.92 Å². The third kappa shape index (κ3) is 5.23. The fourth-order valence-corrected chi connectivity index (χ4v) is 7.39. The number of hydrogen-bond acceptors (Lipinski definition) is 14. The number of aromatic hydroxyl groups is 2. The van der Waals surface area contributed by atoms with Crippen LogP contribution in [0.5, 0.6) is 11.5 Å². The van der Waals surface area contributed by atoms with E-state index in [2.05, 4.69) is 0 Å². The van der Waals surface area contributed by atoms with Crippen molar-refractivity contribution < 1.29 is 68.7 Å². The summed E-state index contributed by atoms with van der Waals surface area (Å²) in [6, 6.07) is 6.11. The van der Waals surface area contributed by atoms with E-state index in [-0.39, 0.29) is 36.0 Å². The van der Waals surface area contributed by atoms with Gasteiger partial charge in [0.15, 0.2) is 29.7 Å². The summed E-state index contributed by atoms with van der Waals surface area (Å²) in [6.07, 6.45) is -10.7. The van der Waals surface area contributed by atoms with Crippen molar-refractivity contribution in [2.75, 3.05) is 7.11 Å². The number of carbonyl (C=O) groups excluding carboxylic acids is 3. The third-order valence-corrected chi connectivity index (χ3v) is 9.76. The predicted octanol–water partition coefficient (Wildman–Crippen LogP) is 1.10. The molecule has 14 nitrogen and oxygen atoms in total. The number of carbonyl (C=O) groups is 3. The van der Waals surface area contributed by atoms with Crippen LogP contribution in [-0.2, 0) is 39.7 Å². The van der Waals surface area contributed by atoms with Crippen molar-refractivity contribution in [3.63, 3.8) is 0 Å². The van der Waals surface area contributed by atoms with Crippen molar-refractivity contribution in [1.29, 1.82) is 0 Å². The van der Waals surface area contributed by atoms with Crippen LogP contribution in [0.4, 0.5) is 0 Å². The number of ketones is 3. The molecule has 2 fully saturated rings. The van der Waals surface area contributed by atoms with Crippen LogP contribution >= 0.6 is 0 Å². The van der Waals surface area contributed by atoms with E-state index in [1.54, 1.807) is 25.1 Å². The van der Waals surface area contributed by atoms with E-state index in [9.17, 15) is 45.0 Å². The SMILES string of the molecule is CO[C@H]1C(=O)C(C(C)=O)=C(O)[C@]2(O[C@H]3C[C@@H](O[C@H]4C[C@@H](O)[C@@H](O)[C@@H](C)O4)[C@H](O)[C@@H](C)O3)C(=O)c3c(cc4cccc(O)c4c3O)C[C@H]12. The Bertz CT molecular complexity index is 1640. The first-order valence-corrected chi connectivity index (χ1v) is 15.4. The van der Waals surface area contributed by atoms with E-state index in [0.29, 0.717) is 10.9 Å². The molecule has 2 aromatic carbocycles. The quantitative estimate of drug-likeness (QED) is 0.240. The molecule has 0 saturated carbocycles. The summed E-state index contributed by atoms with van der Waals surface area (Å²) in [5, 5.41) is 65.5. The fourth-order valence-electron chi connectivity index (χ4n) is 7.39. The molecule has 0 unspecified atom stereocenters. The number of Topliss-reactive ketones (excluding diaryl/α,β-unsaturated/α-hetero) is 3. The molecule has 14 heteroatoms. The molecule has 2 aliphatic heterocycles. The lowest BCUT2D eigenvalue weighted by Gasteiger charge is -2.50. The van der Waals surface area contributed by atoms with Crippen LogP contribution in [0, 0.1) is 5.92 Å². The van der Waals surface area contributed by atoms with Gasteiger partial charge >= 0.3 is 0 Å². The zero-order valence-electron chi connectivity index (χ0n) is 26.2. The minimum atomic E-state index is -2.49. The Morgan fingerprint density at radius 2 is 1.66 bits per heavy atom. The number of fused-ring (bicyclic) bond motifs is 3. The fraction of sp³-hybridized carbons (Fsp3) is 0.545. The number of phenolic OH excluding ortho intramolecular Hbond substituents is 2. The number of rotatable bonds is 6. The molecule has 2 aliphatic carbocycles. The smallest absolute Gasteiger partial charge is 0.207 e. The Morgan fingerprint density at radius 3 is 2.32 bits per heavy atom. The Morgan fingerprint density at radius 1 is 0.979 bits per heavy atom. The lowest BCUT2D eigenvalue weighted by Crippen LogP contribution is -2.65. The van der Waals surface area contributed by atoms with Gasteiger partial charge in [-0.3, -0.25) is 14.4 Å². The average Bonchev–Trinajstić information content (AvgIpc) is 2.99. The van der Waals surface area contributed by atoms with Gasteiger partial charge in [0.1, 0.15) is 41.1 Å². The largest absolute Gasteiger partial charge is 0.508 e. The van der Waals surface area contributed by atoms with Gasteiger partial charge in [-0.25, -0.2) is 0 Å². The van der Waals surface area contributed by atoms with Gasteiger partial charge in [0.05, 0.1) is 35.4 Å². The second-order valence-electron chi connectivity index (χ2n) is 12.7. The molecule has 0 amide bonds. The molecule has 0 aromatic heterocycles. The van der Waals surface area contributed by atoms with Crippen LogP contribution in [0.1, 0.15) is 49.5 Å². The lowest BCUT2D eigenvalue weighted by molar-refractivity contribution is -0.318. The highest BCUT2D eigenvalue weighted by Crippen LogP contribution is 2.52. The first-order chi connectivity index (χ1) is 22.2. The van der Waals surface area contributed by atoms with Crippen LogP contribution in [-0.4, -0.2) is 116 Å². The first kappa shape index (κ1) is 33.4. The molecule has 2 aromatic rings. The number of aliphatic hydroxyl groups is 4. The molecule has 0 spiro atoms. The van der Waals surface area contributed by atoms with E-state index < -0.39 is 101 Å². The van der Waals surface area contributed by atoms with Gasteiger partial charge in [0, 0.05) is 25.9 Å². The number of aliphatic hydroxyl groups excluding tert-OH is 4. The molecule has 2 heterocycles. The maximum Gasteiger partial charge on any atom is 0.207 e. The molecule has 4 aliphatic rings. The number of hydrogen-bond donors (Lipinski definition) is 6. The van der Waals surface area contributed by atoms with Crippen LogP contribution in [0.2, 0.25) is 0 Å². The van der Waals surface area contributed by atoms with E-state index in [0.717, 1.165) is 6.92 Å². The normalized spacial score (nSPS) is 37.5. The number of methoxy groups -OCH3 is 1. The first-order valence-electron chi connectivity index (χ1n) is 15.4. The number of ether oxygens (including phenoxy) is 5. The van der Waals surface area contributed by atoms with Gasteiger partial charge in [-0.05, 0) is 44.2 Å². The summed E-state index contributed by atoms with van der Waals surface area (Å²) in [5.41, 5.74) is -3.20. The molecule has 47 heavy (non-hydrogen) atoms. The third-order valence-electron chi connectivity index (χ3n) is 9.76. The molecule has 6 N–H and O–H groups in total. The van der Waals surface area contributed by atoms with Crippen molar-refractivity contribution in [1.82, 2.24) is 0 Å². The second-order valence-corrected chi connectivity index (χ2v) is 12.7. The molecule has 6 rings (SSSR count). The summed E-state index contributed by atoms with van der Waals surface area (Å²) in [7, 11) is 1.22. The Kier molecular flexibility index (Phi) is 8.68. The van der Waals surface area contributed by atoms with Gasteiger partial charge in [-0.2, -0.15) is 0 Å². The number of benzene rings is 2. The monoisotopic (exact) mass is 658 g/mol. The molecule has 0 bridgehead atoms. The van der Waals surface area contributed by atoms with Gasteiger partial charge < -0.3 is 54.3 Å². The van der Waals surface area contributed by atoms with Crippen molar-refractivity contribution in [3.8, 4) is 11.5 Å². The van der Waals surface area contributed by atoms with Crippen molar-refractivity contribution >= 4 is 28.1 Å². The van der Waals surface area contributed by atoms with Crippen molar-refractivity contribution in [3.05, 3.63) is 46.7 Å². The predicted molar refractivity (Wildman–Crippen MR) is 160 cm³/mol. The van der Waals surface area contributed by atoms with E-state index in [1.165, 1.54) is 20.1 Å². The zero-order chi connectivity index (χ0) is 34.1. The van der Waals surface area contributed by atoms with Gasteiger partial charge in [0.2, 0.25) is 5.78 Å². The Hall–Kier alpha value is -3.47. The van der Waals surface area contributed by atoms with Gasteiger partial charge in [-0.1, -0.05) is 18.2 Å². The van der Waals surface area contributed by atoms with Gasteiger partial charge in [0.25, 0.3) is 0 Å². The topological polar surface area (TPSA) is 219 Å². The van der Waals surface area contributed by atoms with Crippen LogP contribution < -0.4 is 0 Å². The maximum absolute atomic E-state index is 14.8. The van der Waals surface area contributed by atoms with Crippen molar-refractivity contribution in [2.45, 2.75) is 101 Å². The Labute approximate surface area is 269 Å². The lowest BCUT2D eigenvalue weighted by atomic mass is 9.62. The second kappa shape index (κ2) is 12.2. The summed E-state index contributed by atoms with van der Waals surface area (Å²) >= 11 is 0. The summed E-state index contributed by atoms with van der Waals surface area (Å²) in [4.78, 5) is 41.1. The highest BCUT2D eigenvalue weighted by atomic mass is 16.7. The molecular weight excluding hydrogens is 620 g/mol. The average molecular weight is 659 g/mol. The minimum absolute atomic E-state index is 0.0215.